The molecule has 0 aromatic heterocycles. The van der Waals surface area contributed by atoms with Crippen molar-refractivity contribution in [2.24, 2.45) is 10.8 Å². The zero-order chi connectivity index (χ0) is 15.2. The molecule has 0 bridgehead atoms. The number of carbonyl (C=O) groups excluding carboxylic acids is 2. The lowest BCUT2D eigenvalue weighted by Crippen LogP contribution is -2.55. The third kappa shape index (κ3) is 1.74. The summed E-state index contributed by atoms with van der Waals surface area (Å²) in [5.41, 5.74) is -0.325. The first-order valence-corrected chi connectivity index (χ1v) is 8.50. The minimum atomic E-state index is -0.824. The van der Waals surface area contributed by atoms with E-state index in [0.717, 1.165) is 44.1 Å². The van der Waals surface area contributed by atoms with Crippen LogP contribution in [0.2, 0.25) is 0 Å². The second kappa shape index (κ2) is 4.94. The molecule has 22 heavy (non-hydrogen) atoms. The van der Waals surface area contributed by atoms with Gasteiger partial charge in [0.25, 0.3) is 0 Å². The molecule has 3 heteroatoms. The highest BCUT2D eigenvalue weighted by molar-refractivity contribution is 6.09. The van der Waals surface area contributed by atoms with E-state index in [0.29, 0.717) is 12.8 Å². The molecule has 0 amide bonds. The maximum absolute atomic E-state index is 13.5. The quantitative estimate of drug-likeness (QED) is 0.582. The summed E-state index contributed by atoms with van der Waals surface area (Å²) < 4.78 is 5.96. The fourth-order valence-corrected chi connectivity index (χ4v) is 4.94. The Kier molecular flexibility index (Phi) is 3.14. The molecule has 1 aliphatic heterocycles. The van der Waals surface area contributed by atoms with Crippen molar-refractivity contribution in [1.82, 2.24) is 0 Å². The lowest BCUT2D eigenvalue weighted by Gasteiger charge is -2.46. The molecule has 0 N–H and O–H groups in total. The van der Waals surface area contributed by atoms with Gasteiger partial charge in [0.05, 0.1) is 5.41 Å². The average Bonchev–Trinajstić information content (AvgIpc) is 3.22. The Morgan fingerprint density at radius 3 is 2.09 bits per heavy atom. The van der Waals surface area contributed by atoms with E-state index in [1.165, 1.54) is 0 Å². The van der Waals surface area contributed by atoms with Gasteiger partial charge in [-0.25, -0.2) is 0 Å². The fourth-order valence-electron chi connectivity index (χ4n) is 4.94. The van der Waals surface area contributed by atoms with Crippen LogP contribution in [0.5, 0.6) is 0 Å². The maximum atomic E-state index is 13.5. The molecular formula is C19H22O3. The predicted octanol–water partition coefficient (Wildman–Crippen LogP) is 3.97. The Hall–Kier alpha value is -1.64. The van der Waals surface area contributed by atoms with Gasteiger partial charge in [0.2, 0.25) is 0 Å². The van der Waals surface area contributed by atoms with E-state index in [2.05, 4.69) is 0 Å². The van der Waals surface area contributed by atoms with Gasteiger partial charge in [-0.3, -0.25) is 9.59 Å². The summed E-state index contributed by atoms with van der Waals surface area (Å²) in [6, 6.07) is 9.83. The second-order valence-electron chi connectivity index (χ2n) is 7.18. The SMILES string of the molecule is O=C1O[C@@H](c2ccccc2)C2(CCCC2)C(=O)C12CCCC2. The molecule has 1 atom stereocenters. The third-order valence-corrected chi connectivity index (χ3v) is 6.06. The first-order valence-electron chi connectivity index (χ1n) is 8.50. The first kappa shape index (κ1) is 14.0. The van der Waals surface area contributed by atoms with Gasteiger partial charge in [-0.05, 0) is 31.2 Å². The van der Waals surface area contributed by atoms with Crippen LogP contribution in [0.25, 0.3) is 0 Å². The lowest BCUT2D eigenvalue weighted by molar-refractivity contribution is -0.191. The number of esters is 1. The number of Topliss-reactive ketones (excluding diaryl/α,β-unsaturated/α-hetero) is 1. The molecule has 2 aliphatic carbocycles. The number of benzene rings is 1. The van der Waals surface area contributed by atoms with E-state index in [-0.39, 0.29) is 17.9 Å². The minimum Gasteiger partial charge on any atom is -0.456 e. The van der Waals surface area contributed by atoms with Gasteiger partial charge in [-0.15, -0.1) is 0 Å². The molecule has 4 rings (SSSR count). The zero-order valence-electron chi connectivity index (χ0n) is 12.8. The van der Waals surface area contributed by atoms with Gasteiger partial charge in [0, 0.05) is 0 Å². The minimum absolute atomic E-state index is 0.195. The summed E-state index contributed by atoms with van der Waals surface area (Å²) in [5.74, 6) is -0.0681. The highest BCUT2D eigenvalue weighted by atomic mass is 16.5. The molecule has 3 nitrogen and oxygen atoms in total. The van der Waals surface area contributed by atoms with Gasteiger partial charge in [-0.1, -0.05) is 56.0 Å². The first-order chi connectivity index (χ1) is 10.7. The normalized spacial score (nSPS) is 29.2. The van der Waals surface area contributed by atoms with Crippen LogP contribution in [-0.4, -0.2) is 11.8 Å². The molecule has 3 fully saturated rings. The Balaban J connectivity index is 1.80. The molecule has 0 radical (unpaired) electrons. The topological polar surface area (TPSA) is 43.4 Å². The maximum Gasteiger partial charge on any atom is 0.320 e. The van der Waals surface area contributed by atoms with Crippen LogP contribution in [0, 0.1) is 10.8 Å². The Bertz CT molecular complexity index is 592. The van der Waals surface area contributed by atoms with Crippen molar-refractivity contribution in [2.45, 2.75) is 57.5 Å². The van der Waals surface area contributed by atoms with Crippen molar-refractivity contribution in [1.29, 1.82) is 0 Å². The van der Waals surface area contributed by atoms with Gasteiger partial charge in [0.1, 0.15) is 11.5 Å². The molecule has 3 aliphatic rings. The Morgan fingerprint density at radius 1 is 0.864 bits per heavy atom. The van der Waals surface area contributed by atoms with E-state index in [1.807, 2.05) is 30.3 Å². The molecule has 1 aromatic rings. The Labute approximate surface area is 131 Å². The van der Waals surface area contributed by atoms with Crippen LogP contribution in [0.3, 0.4) is 0 Å². The highest BCUT2D eigenvalue weighted by Gasteiger charge is 2.64. The van der Waals surface area contributed by atoms with E-state index in [4.69, 9.17) is 4.74 Å². The summed E-state index contributed by atoms with van der Waals surface area (Å²) in [6.45, 7) is 0. The van der Waals surface area contributed by atoms with E-state index < -0.39 is 10.8 Å². The summed E-state index contributed by atoms with van der Waals surface area (Å²) in [4.78, 5) is 26.2. The van der Waals surface area contributed by atoms with Crippen LogP contribution in [-0.2, 0) is 14.3 Å². The van der Waals surface area contributed by atoms with E-state index in [9.17, 15) is 9.59 Å². The van der Waals surface area contributed by atoms with Crippen molar-refractivity contribution < 1.29 is 14.3 Å². The van der Waals surface area contributed by atoms with Gasteiger partial charge < -0.3 is 4.74 Å². The third-order valence-electron chi connectivity index (χ3n) is 6.06. The number of hydrogen-bond acceptors (Lipinski definition) is 3. The average molecular weight is 298 g/mol. The van der Waals surface area contributed by atoms with E-state index in [1.54, 1.807) is 0 Å². The largest absolute Gasteiger partial charge is 0.456 e. The molecule has 2 saturated carbocycles. The van der Waals surface area contributed by atoms with Gasteiger partial charge >= 0.3 is 5.97 Å². The molecule has 0 unspecified atom stereocenters. The number of cyclic esters (lactones) is 1. The van der Waals surface area contributed by atoms with Gasteiger partial charge in [0.15, 0.2) is 5.78 Å². The van der Waals surface area contributed by atoms with E-state index >= 15 is 0 Å². The molecule has 1 aromatic carbocycles. The van der Waals surface area contributed by atoms with Crippen molar-refractivity contribution in [3.63, 3.8) is 0 Å². The fraction of sp³-hybridized carbons (Fsp3) is 0.579. The van der Waals surface area contributed by atoms with Crippen LogP contribution >= 0.6 is 0 Å². The zero-order valence-corrected chi connectivity index (χ0v) is 12.8. The number of hydrogen-bond donors (Lipinski definition) is 0. The van der Waals surface area contributed by atoms with Crippen LogP contribution in [0.4, 0.5) is 0 Å². The number of ketones is 1. The Morgan fingerprint density at radius 2 is 1.45 bits per heavy atom. The number of carbonyl (C=O) groups is 2. The van der Waals surface area contributed by atoms with Crippen molar-refractivity contribution in [3.8, 4) is 0 Å². The van der Waals surface area contributed by atoms with Gasteiger partial charge in [-0.2, -0.15) is 0 Å². The molecule has 1 heterocycles. The monoisotopic (exact) mass is 298 g/mol. The smallest absolute Gasteiger partial charge is 0.320 e. The molecule has 116 valence electrons. The predicted molar refractivity (Wildman–Crippen MR) is 82.1 cm³/mol. The molecule has 2 spiro atoms. The lowest BCUT2D eigenvalue weighted by atomic mass is 9.62. The summed E-state index contributed by atoms with van der Waals surface area (Å²) in [6.07, 6.45) is 6.76. The summed E-state index contributed by atoms with van der Waals surface area (Å²) in [7, 11) is 0. The molecular weight excluding hydrogens is 276 g/mol. The van der Waals surface area contributed by atoms with Crippen LogP contribution in [0.15, 0.2) is 30.3 Å². The second-order valence-corrected chi connectivity index (χ2v) is 7.18. The highest BCUT2D eigenvalue weighted by Crippen LogP contribution is 2.60. The number of rotatable bonds is 1. The molecule has 1 saturated heterocycles. The summed E-state index contributed by atoms with van der Waals surface area (Å²) >= 11 is 0. The van der Waals surface area contributed by atoms with Crippen LogP contribution < -0.4 is 0 Å². The number of ether oxygens (including phenoxy) is 1. The summed E-state index contributed by atoms with van der Waals surface area (Å²) in [5, 5.41) is 0. The van der Waals surface area contributed by atoms with Crippen LogP contribution in [0.1, 0.15) is 63.0 Å². The standard InChI is InChI=1S/C19H22O3/c20-16-18(10-4-5-11-18)15(14-8-2-1-3-9-14)22-17(21)19(16)12-6-7-13-19/h1-3,8-9,15H,4-7,10-13H2/t15-/m0/s1. The van der Waals surface area contributed by atoms with Crippen molar-refractivity contribution >= 4 is 11.8 Å². The van der Waals surface area contributed by atoms with Crippen molar-refractivity contribution in [3.05, 3.63) is 35.9 Å². The van der Waals surface area contributed by atoms with Crippen molar-refractivity contribution in [2.75, 3.05) is 0 Å².